The number of hydrogen-bond acceptors (Lipinski definition) is 3. The number of phenols is 1. The Morgan fingerprint density at radius 3 is 3.06 bits per heavy atom. The highest BCUT2D eigenvalue weighted by atomic mass is 16.3. The van der Waals surface area contributed by atoms with Gasteiger partial charge in [-0.25, -0.2) is 0 Å². The van der Waals surface area contributed by atoms with Crippen LogP contribution in [0.15, 0.2) is 18.2 Å². The molecule has 86 valence electrons. The van der Waals surface area contributed by atoms with Crippen molar-refractivity contribution in [2.75, 3.05) is 18.4 Å². The molecule has 1 fully saturated rings. The van der Waals surface area contributed by atoms with E-state index in [1.165, 1.54) is 18.4 Å². The van der Waals surface area contributed by atoms with Gasteiger partial charge in [-0.15, -0.1) is 0 Å². The first-order valence-electron chi connectivity index (χ1n) is 6.11. The Hall–Kier alpha value is -1.22. The number of fused-ring (bicyclic) bond motifs is 1. The molecule has 16 heavy (non-hydrogen) atoms. The minimum absolute atomic E-state index is 0.381. The molecule has 2 aliphatic rings. The topological polar surface area (TPSA) is 44.3 Å². The van der Waals surface area contributed by atoms with Crippen molar-refractivity contribution in [3.63, 3.8) is 0 Å². The SMILES string of the molecule is Oc1cccc2c1NCC(CNC1CC1)C2. The smallest absolute Gasteiger partial charge is 0.138 e. The molecule has 1 aliphatic heterocycles. The maximum atomic E-state index is 9.69. The fraction of sp³-hybridized carbons (Fsp3) is 0.538. The highest BCUT2D eigenvalue weighted by Crippen LogP contribution is 2.32. The zero-order valence-electron chi connectivity index (χ0n) is 9.37. The van der Waals surface area contributed by atoms with Crippen molar-refractivity contribution in [3.8, 4) is 5.75 Å². The maximum absolute atomic E-state index is 9.69. The summed E-state index contributed by atoms with van der Waals surface area (Å²) in [5.74, 6) is 1.03. The van der Waals surface area contributed by atoms with Crippen LogP contribution >= 0.6 is 0 Å². The van der Waals surface area contributed by atoms with Crippen LogP contribution in [-0.4, -0.2) is 24.2 Å². The Balaban J connectivity index is 1.65. The second kappa shape index (κ2) is 3.98. The van der Waals surface area contributed by atoms with E-state index in [1.807, 2.05) is 6.07 Å². The number of nitrogens with one attached hydrogen (secondary N) is 2. The average Bonchev–Trinajstić information content (AvgIpc) is 3.10. The van der Waals surface area contributed by atoms with Crippen molar-refractivity contribution in [1.82, 2.24) is 5.32 Å². The van der Waals surface area contributed by atoms with Gasteiger partial charge in [0, 0.05) is 19.1 Å². The van der Waals surface area contributed by atoms with Crippen LogP contribution in [0.3, 0.4) is 0 Å². The molecule has 0 bridgehead atoms. The van der Waals surface area contributed by atoms with Gasteiger partial charge in [-0.1, -0.05) is 12.1 Å². The van der Waals surface area contributed by atoms with Crippen LogP contribution in [-0.2, 0) is 6.42 Å². The van der Waals surface area contributed by atoms with Crippen LogP contribution in [0, 0.1) is 5.92 Å². The van der Waals surface area contributed by atoms with Gasteiger partial charge in [-0.3, -0.25) is 0 Å². The lowest BCUT2D eigenvalue weighted by atomic mass is 9.93. The monoisotopic (exact) mass is 218 g/mol. The standard InChI is InChI=1S/C13H18N2O/c16-12-3-1-2-10-6-9(8-15-13(10)12)7-14-11-4-5-11/h1-3,9,11,14-16H,4-8H2. The summed E-state index contributed by atoms with van der Waals surface area (Å²) < 4.78 is 0. The number of phenolic OH excluding ortho intramolecular Hbond substituents is 1. The van der Waals surface area contributed by atoms with Crippen molar-refractivity contribution in [1.29, 1.82) is 0 Å². The van der Waals surface area contributed by atoms with E-state index in [2.05, 4.69) is 16.7 Å². The Morgan fingerprint density at radius 1 is 1.38 bits per heavy atom. The summed E-state index contributed by atoms with van der Waals surface area (Å²) in [6, 6.07) is 6.55. The number of aromatic hydroxyl groups is 1. The molecule has 0 aromatic heterocycles. The Kier molecular flexibility index (Phi) is 2.48. The molecule has 1 atom stereocenters. The number of benzene rings is 1. The second-order valence-electron chi connectivity index (χ2n) is 4.94. The zero-order chi connectivity index (χ0) is 11.0. The van der Waals surface area contributed by atoms with Crippen LogP contribution in [0.4, 0.5) is 5.69 Å². The minimum Gasteiger partial charge on any atom is -0.506 e. The highest BCUT2D eigenvalue weighted by Gasteiger charge is 2.24. The summed E-state index contributed by atoms with van der Waals surface area (Å²) in [4.78, 5) is 0. The molecular formula is C13H18N2O. The maximum Gasteiger partial charge on any atom is 0.138 e. The quantitative estimate of drug-likeness (QED) is 0.677. The van der Waals surface area contributed by atoms with Gasteiger partial charge in [-0.05, 0) is 36.8 Å². The van der Waals surface area contributed by atoms with Crippen molar-refractivity contribution in [3.05, 3.63) is 23.8 Å². The fourth-order valence-electron chi connectivity index (χ4n) is 2.36. The Bertz CT molecular complexity index is 388. The van der Waals surface area contributed by atoms with E-state index in [1.54, 1.807) is 6.07 Å². The van der Waals surface area contributed by atoms with Gasteiger partial charge >= 0.3 is 0 Å². The van der Waals surface area contributed by atoms with Gasteiger partial charge in [0.05, 0.1) is 5.69 Å². The summed E-state index contributed by atoms with van der Waals surface area (Å²) in [7, 11) is 0. The molecule has 1 aromatic carbocycles. The molecule has 0 radical (unpaired) electrons. The lowest BCUT2D eigenvalue weighted by Gasteiger charge is -2.26. The van der Waals surface area contributed by atoms with Crippen molar-refractivity contribution >= 4 is 5.69 Å². The molecule has 1 heterocycles. The summed E-state index contributed by atoms with van der Waals surface area (Å²) >= 11 is 0. The zero-order valence-corrected chi connectivity index (χ0v) is 9.37. The third-order valence-corrected chi connectivity index (χ3v) is 3.48. The number of anilines is 1. The van der Waals surface area contributed by atoms with E-state index < -0.39 is 0 Å². The molecule has 3 nitrogen and oxygen atoms in total. The summed E-state index contributed by atoms with van der Waals surface area (Å²) in [6.45, 7) is 2.05. The van der Waals surface area contributed by atoms with Gasteiger partial charge in [0.2, 0.25) is 0 Å². The Morgan fingerprint density at radius 2 is 2.25 bits per heavy atom. The molecule has 3 N–H and O–H groups in total. The molecule has 3 rings (SSSR count). The molecule has 0 amide bonds. The van der Waals surface area contributed by atoms with Crippen molar-refractivity contribution in [2.24, 2.45) is 5.92 Å². The Labute approximate surface area is 95.9 Å². The molecule has 1 aliphatic carbocycles. The summed E-state index contributed by atoms with van der Waals surface area (Å²) in [6.07, 6.45) is 3.76. The van der Waals surface area contributed by atoms with Crippen LogP contribution in [0.25, 0.3) is 0 Å². The predicted octanol–water partition coefficient (Wildman–Crippen LogP) is 1.73. The highest BCUT2D eigenvalue weighted by molar-refractivity contribution is 5.62. The number of rotatable bonds is 3. The first kappa shape index (κ1) is 9.97. The number of para-hydroxylation sites is 1. The van der Waals surface area contributed by atoms with E-state index in [9.17, 15) is 5.11 Å². The van der Waals surface area contributed by atoms with Gasteiger partial charge in [0.25, 0.3) is 0 Å². The molecule has 0 saturated heterocycles. The van der Waals surface area contributed by atoms with Gasteiger partial charge in [0.15, 0.2) is 0 Å². The van der Waals surface area contributed by atoms with Crippen LogP contribution in [0.5, 0.6) is 5.75 Å². The molecule has 1 aromatic rings. The van der Waals surface area contributed by atoms with Gasteiger partial charge in [-0.2, -0.15) is 0 Å². The fourth-order valence-corrected chi connectivity index (χ4v) is 2.36. The second-order valence-corrected chi connectivity index (χ2v) is 4.94. The van der Waals surface area contributed by atoms with Crippen molar-refractivity contribution < 1.29 is 5.11 Å². The first-order valence-corrected chi connectivity index (χ1v) is 6.11. The van der Waals surface area contributed by atoms with Crippen LogP contribution < -0.4 is 10.6 Å². The molecular weight excluding hydrogens is 200 g/mol. The average molecular weight is 218 g/mol. The molecule has 1 saturated carbocycles. The molecule has 1 unspecified atom stereocenters. The predicted molar refractivity (Wildman–Crippen MR) is 64.8 cm³/mol. The lowest BCUT2D eigenvalue weighted by Crippen LogP contribution is -2.33. The summed E-state index contributed by atoms with van der Waals surface area (Å²) in [5.41, 5.74) is 2.18. The lowest BCUT2D eigenvalue weighted by molar-refractivity contribution is 0.459. The van der Waals surface area contributed by atoms with Gasteiger partial charge in [0.1, 0.15) is 5.75 Å². The third kappa shape index (κ3) is 2.00. The molecule has 3 heteroatoms. The largest absolute Gasteiger partial charge is 0.506 e. The van der Waals surface area contributed by atoms with E-state index in [0.29, 0.717) is 11.7 Å². The van der Waals surface area contributed by atoms with Gasteiger partial charge < -0.3 is 15.7 Å². The normalized spacial score (nSPS) is 23.6. The summed E-state index contributed by atoms with van der Waals surface area (Å²) in [5, 5.41) is 16.6. The van der Waals surface area contributed by atoms with Crippen LogP contribution in [0.2, 0.25) is 0 Å². The van der Waals surface area contributed by atoms with E-state index in [4.69, 9.17) is 0 Å². The first-order chi connectivity index (χ1) is 7.83. The van der Waals surface area contributed by atoms with Crippen molar-refractivity contribution in [2.45, 2.75) is 25.3 Å². The van der Waals surface area contributed by atoms with E-state index in [-0.39, 0.29) is 0 Å². The van der Waals surface area contributed by atoms with Crippen LogP contribution in [0.1, 0.15) is 18.4 Å². The number of hydrogen-bond donors (Lipinski definition) is 3. The van der Waals surface area contributed by atoms with E-state index >= 15 is 0 Å². The minimum atomic E-state index is 0.381. The van der Waals surface area contributed by atoms with E-state index in [0.717, 1.165) is 31.2 Å². The molecule has 0 spiro atoms. The third-order valence-electron chi connectivity index (χ3n) is 3.48.